The Morgan fingerprint density at radius 2 is 2.32 bits per heavy atom. The third kappa shape index (κ3) is 3.45. The number of nitrogens with one attached hydrogen (secondary N) is 1. The molecule has 1 amide bonds. The van der Waals surface area contributed by atoms with Gasteiger partial charge in [0.1, 0.15) is 0 Å². The predicted octanol–water partition coefficient (Wildman–Crippen LogP) is 1.59. The van der Waals surface area contributed by atoms with Crippen LogP contribution in [0, 0.1) is 6.92 Å². The van der Waals surface area contributed by atoms with E-state index in [1.807, 2.05) is 0 Å². The van der Waals surface area contributed by atoms with Crippen molar-refractivity contribution in [1.82, 2.24) is 15.5 Å². The molecule has 3 N–H and O–H groups in total. The van der Waals surface area contributed by atoms with Crippen LogP contribution in [-0.2, 0) is 6.42 Å². The van der Waals surface area contributed by atoms with Gasteiger partial charge < -0.3 is 15.6 Å². The second-order valence-electron chi connectivity index (χ2n) is 3.98. The summed E-state index contributed by atoms with van der Waals surface area (Å²) in [6.45, 7) is 2.14. The van der Waals surface area contributed by atoms with E-state index in [9.17, 15) is 4.79 Å². The first-order chi connectivity index (χ1) is 9.06. The van der Waals surface area contributed by atoms with Crippen LogP contribution in [-0.4, -0.2) is 22.6 Å². The second-order valence-corrected chi connectivity index (χ2v) is 4.38. The normalized spacial score (nSPS) is 10.4. The quantitative estimate of drug-likeness (QED) is 0.829. The number of carbonyl (C=O) groups excluding carboxylic acids is 1. The maximum atomic E-state index is 11.8. The van der Waals surface area contributed by atoms with Gasteiger partial charge in [-0.15, -0.1) is 0 Å². The van der Waals surface area contributed by atoms with E-state index >= 15 is 0 Å². The molecule has 6 nitrogen and oxygen atoms in total. The zero-order chi connectivity index (χ0) is 13.8. The van der Waals surface area contributed by atoms with Crippen LogP contribution < -0.4 is 11.1 Å². The summed E-state index contributed by atoms with van der Waals surface area (Å²) >= 11 is 5.79. The molecule has 1 aromatic carbocycles. The van der Waals surface area contributed by atoms with Gasteiger partial charge in [0.15, 0.2) is 5.82 Å². The van der Waals surface area contributed by atoms with Crippen molar-refractivity contribution in [2.75, 3.05) is 12.3 Å². The average Bonchev–Trinajstić information content (AvgIpc) is 2.78. The Kier molecular flexibility index (Phi) is 4.01. The van der Waals surface area contributed by atoms with E-state index in [-0.39, 0.29) is 5.91 Å². The van der Waals surface area contributed by atoms with E-state index in [0.717, 1.165) is 0 Å². The first-order valence-electron chi connectivity index (χ1n) is 5.68. The Morgan fingerprint density at radius 1 is 1.53 bits per heavy atom. The molecule has 0 saturated carbocycles. The number of nitrogens with two attached hydrogens (primary N) is 1. The molecule has 0 atom stereocenters. The number of hydrogen-bond acceptors (Lipinski definition) is 5. The van der Waals surface area contributed by atoms with E-state index in [1.165, 1.54) is 6.07 Å². The zero-order valence-electron chi connectivity index (χ0n) is 10.3. The van der Waals surface area contributed by atoms with Crippen LogP contribution in [0.1, 0.15) is 22.1 Å². The van der Waals surface area contributed by atoms with E-state index < -0.39 is 0 Å². The first-order valence-corrected chi connectivity index (χ1v) is 6.06. The van der Waals surface area contributed by atoms with Gasteiger partial charge in [-0.2, -0.15) is 4.98 Å². The number of halogens is 1. The number of aryl methyl sites for hydroxylation is 1. The Balaban J connectivity index is 1.89. The molecule has 0 radical (unpaired) electrons. The van der Waals surface area contributed by atoms with Gasteiger partial charge in [-0.05, 0) is 25.1 Å². The monoisotopic (exact) mass is 280 g/mol. The topological polar surface area (TPSA) is 94.0 Å². The highest BCUT2D eigenvalue weighted by Gasteiger charge is 2.08. The first kappa shape index (κ1) is 13.4. The smallest absolute Gasteiger partial charge is 0.251 e. The van der Waals surface area contributed by atoms with E-state index in [0.29, 0.717) is 41.0 Å². The molecule has 0 aliphatic heterocycles. The van der Waals surface area contributed by atoms with Crippen molar-refractivity contribution in [3.05, 3.63) is 40.5 Å². The van der Waals surface area contributed by atoms with Crippen LogP contribution in [0.5, 0.6) is 0 Å². The fourth-order valence-corrected chi connectivity index (χ4v) is 1.63. The van der Waals surface area contributed by atoms with Crippen LogP contribution >= 0.6 is 11.6 Å². The van der Waals surface area contributed by atoms with Crippen LogP contribution in [0.15, 0.2) is 22.7 Å². The minimum Gasteiger partial charge on any atom is -0.398 e. The fourth-order valence-electron chi connectivity index (χ4n) is 1.51. The number of benzene rings is 1. The largest absolute Gasteiger partial charge is 0.398 e. The van der Waals surface area contributed by atoms with Crippen LogP contribution in [0.4, 0.5) is 5.69 Å². The van der Waals surface area contributed by atoms with E-state index in [1.54, 1.807) is 19.1 Å². The summed E-state index contributed by atoms with van der Waals surface area (Å²) in [5, 5.41) is 6.83. The van der Waals surface area contributed by atoms with Crippen molar-refractivity contribution in [2.45, 2.75) is 13.3 Å². The Bertz CT molecular complexity index is 597. The summed E-state index contributed by atoms with van der Waals surface area (Å²) in [6, 6.07) is 4.74. The third-order valence-corrected chi connectivity index (χ3v) is 2.80. The lowest BCUT2D eigenvalue weighted by atomic mass is 10.2. The summed E-state index contributed by atoms with van der Waals surface area (Å²) in [7, 11) is 0. The highest BCUT2D eigenvalue weighted by molar-refractivity contribution is 6.33. The van der Waals surface area contributed by atoms with Gasteiger partial charge in [0.2, 0.25) is 5.89 Å². The third-order valence-electron chi connectivity index (χ3n) is 2.45. The zero-order valence-corrected chi connectivity index (χ0v) is 11.1. The Hall–Kier alpha value is -2.08. The summed E-state index contributed by atoms with van der Waals surface area (Å²) in [4.78, 5) is 15.9. The molecule has 1 aromatic heterocycles. The molecule has 100 valence electrons. The predicted molar refractivity (Wildman–Crippen MR) is 70.9 cm³/mol. The number of carbonyl (C=O) groups is 1. The van der Waals surface area contributed by atoms with Gasteiger partial charge >= 0.3 is 0 Å². The van der Waals surface area contributed by atoms with Crippen molar-refractivity contribution in [1.29, 1.82) is 0 Å². The van der Waals surface area contributed by atoms with Gasteiger partial charge in [-0.25, -0.2) is 0 Å². The average molecular weight is 281 g/mol. The summed E-state index contributed by atoms with van der Waals surface area (Å²) in [5.74, 6) is 0.847. The summed E-state index contributed by atoms with van der Waals surface area (Å²) in [6.07, 6.45) is 0.482. The lowest BCUT2D eigenvalue weighted by Crippen LogP contribution is -2.25. The minimum atomic E-state index is -0.223. The van der Waals surface area contributed by atoms with Gasteiger partial charge in [0, 0.05) is 18.5 Å². The van der Waals surface area contributed by atoms with Gasteiger partial charge in [0.25, 0.3) is 5.91 Å². The fraction of sp³-hybridized carbons (Fsp3) is 0.250. The second kappa shape index (κ2) is 5.71. The van der Waals surface area contributed by atoms with Gasteiger partial charge in [-0.3, -0.25) is 4.79 Å². The molecule has 0 unspecified atom stereocenters. The molecule has 1 heterocycles. The number of aromatic nitrogens is 2. The number of nitrogen functional groups attached to an aromatic ring is 1. The molecule has 0 bridgehead atoms. The van der Waals surface area contributed by atoms with Crippen LogP contribution in [0.25, 0.3) is 0 Å². The molecule has 19 heavy (non-hydrogen) atoms. The van der Waals surface area contributed by atoms with Gasteiger partial charge in [0.05, 0.1) is 10.7 Å². The minimum absolute atomic E-state index is 0.223. The maximum Gasteiger partial charge on any atom is 0.251 e. The van der Waals surface area contributed by atoms with E-state index in [4.69, 9.17) is 21.9 Å². The van der Waals surface area contributed by atoms with E-state index in [2.05, 4.69) is 15.5 Å². The molecule has 0 spiro atoms. The van der Waals surface area contributed by atoms with Crippen molar-refractivity contribution < 1.29 is 9.32 Å². The highest BCUT2D eigenvalue weighted by atomic mass is 35.5. The number of rotatable bonds is 4. The molecular formula is C12H13ClN4O2. The lowest BCUT2D eigenvalue weighted by Gasteiger charge is -2.05. The number of nitrogens with zero attached hydrogens (tertiary/aromatic N) is 2. The highest BCUT2D eigenvalue weighted by Crippen LogP contribution is 2.19. The van der Waals surface area contributed by atoms with Gasteiger partial charge in [-0.1, -0.05) is 16.8 Å². The molecular weight excluding hydrogens is 268 g/mol. The van der Waals surface area contributed by atoms with Crippen molar-refractivity contribution in [2.24, 2.45) is 0 Å². The maximum absolute atomic E-state index is 11.8. The Morgan fingerprint density at radius 3 is 2.95 bits per heavy atom. The SMILES string of the molecule is Cc1noc(CCNC(=O)c2ccc(Cl)c(N)c2)n1. The molecule has 7 heteroatoms. The lowest BCUT2D eigenvalue weighted by molar-refractivity contribution is 0.0953. The van der Waals surface area contributed by atoms with Crippen LogP contribution in [0.2, 0.25) is 5.02 Å². The van der Waals surface area contributed by atoms with Crippen molar-refractivity contribution >= 4 is 23.2 Å². The molecule has 0 aliphatic rings. The van der Waals surface area contributed by atoms with Crippen molar-refractivity contribution in [3.63, 3.8) is 0 Å². The standard InChI is InChI=1S/C12H13ClN4O2/c1-7-16-11(19-17-7)4-5-15-12(18)8-2-3-9(13)10(14)6-8/h2-3,6H,4-5,14H2,1H3,(H,15,18). The summed E-state index contributed by atoms with van der Waals surface area (Å²) < 4.78 is 4.94. The van der Waals surface area contributed by atoms with Crippen LogP contribution in [0.3, 0.4) is 0 Å². The number of anilines is 1. The van der Waals surface area contributed by atoms with Crippen molar-refractivity contribution in [3.8, 4) is 0 Å². The summed E-state index contributed by atoms with van der Waals surface area (Å²) in [5.41, 5.74) is 6.47. The molecule has 0 fully saturated rings. The number of amides is 1. The molecule has 0 saturated heterocycles. The Labute approximate surface area is 114 Å². The molecule has 2 aromatic rings. The molecule has 0 aliphatic carbocycles. The molecule has 2 rings (SSSR count). The number of hydrogen-bond donors (Lipinski definition) is 2.